The first-order chi connectivity index (χ1) is 14.7. The predicted molar refractivity (Wildman–Crippen MR) is 131 cm³/mol. The fourth-order valence-corrected chi connectivity index (χ4v) is 2.98. The number of anilines is 1. The number of rotatable bonds is 8. The first-order valence-electron chi connectivity index (χ1n) is 9.57. The Morgan fingerprint density at radius 3 is 2.58 bits per heavy atom. The van der Waals surface area contributed by atoms with Crippen molar-refractivity contribution in [3.8, 4) is 0 Å². The number of nitrogens with zero attached hydrogens (tertiary/aromatic N) is 2. The Morgan fingerprint density at radius 2 is 1.97 bits per heavy atom. The summed E-state index contributed by atoms with van der Waals surface area (Å²) in [7, 11) is 1.85. The Morgan fingerprint density at radius 1 is 1.23 bits per heavy atom. The summed E-state index contributed by atoms with van der Waals surface area (Å²) in [5.41, 5.74) is 4.21. The summed E-state index contributed by atoms with van der Waals surface area (Å²) in [4.78, 5) is 17.4. The molecule has 0 aliphatic heterocycles. The second-order valence-corrected chi connectivity index (χ2v) is 7.23. The molecule has 0 aliphatic carbocycles. The minimum absolute atomic E-state index is 0.632. The number of allylic oxidation sites excluding steroid dienone is 2. The molecule has 2 N–H and O–H groups in total. The van der Waals surface area contributed by atoms with Gasteiger partial charge in [0.25, 0.3) is 0 Å². The van der Waals surface area contributed by atoms with Crippen LogP contribution in [0.1, 0.15) is 23.6 Å². The van der Waals surface area contributed by atoms with Crippen LogP contribution in [0.15, 0.2) is 84.8 Å². The summed E-state index contributed by atoms with van der Waals surface area (Å²) >= 11 is 6.22. The lowest BCUT2D eigenvalue weighted by Gasteiger charge is -2.19. The number of hydrogen-bond acceptors (Lipinski definition) is 3. The van der Waals surface area contributed by atoms with Crippen molar-refractivity contribution in [1.82, 2.24) is 4.90 Å². The average molecular weight is 436 g/mol. The van der Waals surface area contributed by atoms with Gasteiger partial charge in [-0.3, -0.25) is 0 Å². The van der Waals surface area contributed by atoms with Crippen LogP contribution in [0.3, 0.4) is 0 Å². The molecule has 0 aromatic heterocycles. The molecular weight excluding hydrogens is 410 g/mol. The Balaban J connectivity index is 2.50. The van der Waals surface area contributed by atoms with E-state index < -0.39 is 5.97 Å². The molecule has 160 valence electrons. The molecule has 2 aromatic carbocycles. The lowest BCUT2D eigenvalue weighted by Crippen LogP contribution is -2.15. The van der Waals surface area contributed by atoms with Crippen molar-refractivity contribution in [2.75, 3.05) is 12.4 Å². The van der Waals surface area contributed by atoms with E-state index in [9.17, 15) is 4.79 Å². The summed E-state index contributed by atoms with van der Waals surface area (Å²) in [5, 5.41) is 12.8. The standard InChI is InChI=1S/C25H26ClN3O2/c1-6-22(20-10-8-9-19(15-20)12-14-24(30)31)25(29(5)7-2)28-18(4)27-21-13-11-17(3)23(26)16-21/h6-16H,1-2H2,3-5H3,(H,27,28)(H,30,31)/b14-12+,25-22-. The van der Waals surface area contributed by atoms with Crippen molar-refractivity contribution in [2.45, 2.75) is 13.8 Å². The third kappa shape index (κ3) is 6.73. The number of hydrogen-bond donors (Lipinski definition) is 2. The highest BCUT2D eigenvalue weighted by molar-refractivity contribution is 6.31. The molecule has 0 atom stereocenters. The molecule has 2 rings (SSSR count). The molecule has 31 heavy (non-hydrogen) atoms. The van der Waals surface area contributed by atoms with Crippen molar-refractivity contribution < 1.29 is 9.90 Å². The number of benzene rings is 2. The molecule has 0 amide bonds. The number of carbonyl (C=O) groups is 1. The van der Waals surface area contributed by atoms with Crippen molar-refractivity contribution in [2.24, 2.45) is 4.99 Å². The number of carboxylic acids is 1. The van der Waals surface area contributed by atoms with Crippen LogP contribution in [0, 0.1) is 6.92 Å². The molecule has 0 radical (unpaired) electrons. The van der Waals surface area contributed by atoms with Crippen LogP contribution in [0.2, 0.25) is 5.02 Å². The van der Waals surface area contributed by atoms with Crippen LogP contribution >= 0.6 is 11.6 Å². The van der Waals surface area contributed by atoms with E-state index in [1.54, 1.807) is 23.3 Å². The van der Waals surface area contributed by atoms with E-state index >= 15 is 0 Å². The van der Waals surface area contributed by atoms with Crippen LogP contribution in [0.4, 0.5) is 5.69 Å². The molecule has 6 heteroatoms. The van der Waals surface area contributed by atoms with Gasteiger partial charge in [-0.2, -0.15) is 0 Å². The maximum Gasteiger partial charge on any atom is 0.328 e. The molecule has 0 fully saturated rings. The topological polar surface area (TPSA) is 64.9 Å². The molecule has 0 unspecified atom stereocenters. The zero-order chi connectivity index (χ0) is 23.0. The molecule has 0 saturated carbocycles. The van der Waals surface area contributed by atoms with Gasteiger partial charge in [0, 0.05) is 29.4 Å². The molecule has 0 aliphatic rings. The molecule has 2 aromatic rings. The third-order valence-electron chi connectivity index (χ3n) is 4.44. The van der Waals surface area contributed by atoms with Crippen LogP contribution in [0.25, 0.3) is 11.6 Å². The Hall–Kier alpha value is -3.57. The van der Waals surface area contributed by atoms with Crippen LogP contribution < -0.4 is 5.32 Å². The smallest absolute Gasteiger partial charge is 0.328 e. The largest absolute Gasteiger partial charge is 0.478 e. The Labute approximate surface area is 188 Å². The first kappa shape index (κ1) is 23.7. The zero-order valence-electron chi connectivity index (χ0n) is 17.9. The van der Waals surface area contributed by atoms with Gasteiger partial charge >= 0.3 is 5.97 Å². The molecule has 0 bridgehead atoms. The van der Waals surface area contributed by atoms with Crippen molar-refractivity contribution in [3.05, 3.63) is 102 Å². The average Bonchev–Trinajstić information content (AvgIpc) is 2.74. The lowest BCUT2D eigenvalue weighted by molar-refractivity contribution is -0.131. The van der Waals surface area contributed by atoms with Crippen molar-refractivity contribution in [1.29, 1.82) is 0 Å². The number of nitrogens with one attached hydrogen (secondary N) is 1. The number of aliphatic carboxylic acids is 1. The quantitative estimate of drug-likeness (QED) is 0.224. The number of aliphatic imine (C=N–C) groups is 1. The summed E-state index contributed by atoms with van der Waals surface area (Å²) in [6.07, 6.45) is 6.02. The Kier molecular flexibility index (Phi) is 8.41. The van der Waals surface area contributed by atoms with Gasteiger partial charge in [0.1, 0.15) is 11.7 Å². The Bertz CT molecular complexity index is 1080. The number of halogens is 1. The second-order valence-electron chi connectivity index (χ2n) is 6.82. The van der Waals surface area contributed by atoms with E-state index in [0.29, 0.717) is 16.7 Å². The summed E-state index contributed by atoms with van der Waals surface area (Å²) < 4.78 is 0. The van der Waals surface area contributed by atoms with Gasteiger partial charge in [-0.15, -0.1) is 0 Å². The number of carboxylic acid groups (broad SMARTS) is 1. The molecule has 0 spiro atoms. The zero-order valence-corrected chi connectivity index (χ0v) is 18.6. The van der Waals surface area contributed by atoms with Gasteiger partial charge in [0.2, 0.25) is 0 Å². The maximum absolute atomic E-state index is 10.8. The highest BCUT2D eigenvalue weighted by Gasteiger charge is 2.11. The van der Waals surface area contributed by atoms with Crippen molar-refractivity contribution >= 4 is 40.7 Å². The molecule has 5 nitrogen and oxygen atoms in total. The minimum atomic E-state index is -1.00. The minimum Gasteiger partial charge on any atom is -0.478 e. The van der Waals surface area contributed by atoms with Gasteiger partial charge in [0.15, 0.2) is 0 Å². The van der Waals surface area contributed by atoms with Crippen LogP contribution in [-0.4, -0.2) is 28.9 Å². The normalized spacial score (nSPS) is 12.3. The van der Waals surface area contributed by atoms with E-state index in [0.717, 1.165) is 34.0 Å². The summed E-state index contributed by atoms with van der Waals surface area (Å²) in [6, 6.07) is 13.2. The van der Waals surface area contributed by atoms with Gasteiger partial charge in [-0.05, 0) is 61.0 Å². The first-order valence-corrected chi connectivity index (χ1v) is 9.95. The summed E-state index contributed by atoms with van der Waals surface area (Å²) in [6.45, 7) is 11.6. The fourth-order valence-electron chi connectivity index (χ4n) is 2.80. The van der Waals surface area contributed by atoms with Gasteiger partial charge in [-0.1, -0.05) is 55.1 Å². The van der Waals surface area contributed by atoms with Gasteiger partial charge in [0.05, 0.1) is 0 Å². The SMILES string of the molecule is C=C/C(=C(\N=C(/C)Nc1ccc(C)c(Cl)c1)N(C)C=C)c1cccc(/C=C/C(=O)O)c1. The summed E-state index contributed by atoms with van der Waals surface area (Å²) in [5.74, 6) is 0.289. The molecular formula is C25H26ClN3O2. The maximum atomic E-state index is 10.8. The highest BCUT2D eigenvalue weighted by atomic mass is 35.5. The lowest BCUT2D eigenvalue weighted by atomic mass is 10.0. The number of amidine groups is 1. The number of aryl methyl sites for hydroxylation is 1. The van der Waals surface area contributed by atoms with Gasteiger partial charge in [-0.25, -0.2) is 9.79 Å². The van der Waals surface area contributed by atoms with Crippen LogP contribution in [0.5, 0.6) is 0 Å². The molecule has 0 saturated heterocycles. The monoisotopic (exact) mass is 435 g/mol. The molecule has 0 heterocycles. The van der Waals surface area contributed by atoms with E-state index in [2.05, 4.69) is 18.5 Å². The fraction of sp³-hybridized carbons (Fsp3) is 0.120. The van der Waals surface area contributed by atoms with E-state index in [-0.39, 0.29) is 0 Å². The van der Waals surface area contributed by atoms with E-state index in [1.165, 1.54) is 0 Å². The predicted octanol–water partition coefficient (Wildman–Crippen LogP) is 6.21. The second kappa shape index (κ2) is 11.0. The van der Waals surface area contributed by atoms with E-state index in [4.69, 9.17) is 21.7 Å². The highest BCUT2D eigenvalue weighted by Crippen LogP contribution is 2.25. The third-order valence-corrected chi connectivity index (χ3v) is 4.85. The van der Waals surface area contributed by atoms with E-state index in [1.807, 2.05) is 63.4 Å². The van der Waals surface area contributed by atoms with Crippen LogP contribution in [-0.2, 0) is 4.79 Å². The van der Waals surface area contributed by atoms with Crippen molar-refractivity contribution in [3.63, 3.8) is 0 Å². The van der Waals surface area contributed by atoms with Gasteiger partial charge < -0.3 is 15.3 Å².